The fourth-order valence-electron chi connectivity index (χ4n) is 2.31. The van der Waals surface area contributed by atoms with Gasteiger partial charge in [-0.1, -0.05) is 48.5 Å². The van der Waals surface area contributed by atoms with E-state index in [0.29, 0.717) is 0 Å². The van der Waals surface area contributed by atoms with Gasteiger partial charge in [-0.15, -0.1) is 12.3 Å². The average Bonchev–Trinajstić information content (AvgIpc) is 2.60. The highest BCUT2D eigenvalue weighted by Crippen LogP contribution is 2.35. The molecule has 122 valence electrons. The van der Waals surface area contributed by atoms with Crippen molar-refractivity contribution in [1.29, 1.82) is 0 Å². The quantitative estimate of drug-likeness (QED) is 0.481. The molecule has 5 heteroatoms. The van der Waals surface area contributed by atoms with Crippen LogP contribution in [0.15, 0.2) is 54.6 Å². The third kappa shape index (κ3) is 3.45. The predicted octanol–water partition coefficient (Wildman–Crippen LogP) is 1.73. The SMILES string of the molecule is C#CCCC(=O)Oc1ccccc1C(O)(C(N)=O)c1ccccc1. The first-order valence-corrected chi connectivity index (χ1v) is 7.31. The van der Waals surface area contributed by atoms with Crippen molar-refractivity contribution in [2.75, 3.05) is 0 Å². The molecule has 0 spiro atoms. The summed E-state index contributed by atoms with van der Waals surface area (Å²) < 4.78 is 5.26. The van der Waals surface area contributed by atoms with Gasteiger partial charge in [-0.2, -0.15) is 0 Å². The number of ether oxygens (including phenoxy) is 1. The fraction of sp³-hybridized carbons (Fsp3) is 0.158. The summed E-state index contributed by atoms with van der Waals surface area (Å²) in [6, 6.07) is 14.4. The van der Waals surface area contributed by atoms with Crippen LogP contribution in [0.1, 0.15) is 24.0 Å². The standard InChI is InChI=1S/C19H17NO4/c1-2-3-13-17(21)24-16-12-8-7-11-15(16)19(23,18(20)22)14-9-5-4-6-10-14/h1,4-12,23H,3,13H2,(H2,20,22). The number of rotatable bonds is 6. The van der Waals surface area contributed by atoms with Gasteiger partial charge in [-0.25, -0.2) is 0 Å². The lowest BCUT2D eigenvalue weighted by Gasteiger charge is -2.27. The Morgan fingerprint density at radius 2 is 1.75 bits per heavy atom. The van der Waals surface area contributed by atoms with Gasteiger partial charge >= 0.3 is 5.97 Å². The maximum atomic E-state index is 12.0. The summed E-state index contributed by atoms with van der Waals surface area (Å²) in [4.78, 5) is 23.9. The monoisotopic (exact) mass is 323 g/mol. The van der Waals surface area contributed by atoms with E-state index in [1.165, 1.54) is 12.1 Å². The second-order valence-corrected chi connectivity index (χ2v) is 5.12. The Hall–Kier alpha value is -3.10. The van der Waals surface area contributed by atoms with Gasteiger partial charge < -0.3 is 15.6 Å². The first-order chi connectivity index (χ1) is 11.5. The van der Waals surface area contributed by atoms with Crippen LogP contribution >= 0.6 is 0 Å². The molecule has 2 rings (SSSR count). The zero-order valence-electron chi connectivity index (χ0n) is 12.9. The molecule has 0 aliphatic heterocycles. The van der Waals surface area contributed by atoms with E-state index >= 15 is 0 Å². The molecule has 0 fully saturated rings. The van der Waals surface area contributed by atoms with E-state index < -0.39 is 17.5 Å². The number of amides is 1. The highest BCUT2D eigenvalue weighted by molar-refractivity contribution is 5.90. The molecule has 0 aliphatic rings. The highest BCUT2D eigenvalue weighted by atomic mass is 16.5. The highest BCUT2D eigenvalue weighted by Gasteiger charge is 2.40. The third-order valence-corrected chi connectivity index (χ3v) is 3.52. The summed E-state index contributed by atoms with van der Waals surface area (Å²) in [5.41, 5.74) is 3.72. The van der Waals surface area contributed by atoms with Crippen molar-refractivity contribution in [3.8, 4) is 18.1 Å². The molecule has 0 saturated carbocycles. The summed E-state index contributed by atoms with van der Waals surface area (Å²) in [7, 11) is 0. The van der Waals surface area contributed by atoms with E-state index in [1.807, 2.05) is 0 Å². The molecule has 0 bridgehead atoms. The molecule has 0 saturated heterocycles. The van der Waals surface area contributed by atoms with Gasteiger partial charge in [0.25, 0.3) is 5.91 Å². The summed E-state index contributed by atoms with van der Waals surface area (Å²) in [5.74, 6) is 0.882. The molecule has 2 aromatic rings. The minimum atomic E-state index is -2.12. The average molecular weight is 323 g/mol. The Labute approximate surface area is 140 Å². The molecule has 1 amide bonds. The van der Waals surface area contributed by atoms with Crippen LogP contribution in [0.2, 0.25) is 0 Å². The number of aliphatic hydroxyl groups is 1. The van der Waals surface area contributed by atoms with E-state index in [2.05, 4.69) is 5.92 Å². The van der Waals surface area contributed by atoms with Crippen molar-refractivity contribution in [2.45, 2.75) is 18.4 Å². The number of terminal acetylenes is 1. The normalized spacial score (nSPS) is 12.7. The molecular formula is C19H17NO4. The molecule has 2 aromatic carbocycles. The summed E-state index contributed by atoms with van der Waals surface area (Å²) in [6.07, 6.45) is 5.39. The number of nitrogens with two attached hydrogens (primary N) is 1. The zero-order valence-corrected chi connectivity index (χ0v) is 12.9. The van der Waals surface area contributed by atoms with Crippen molar-refractivity contribution >= 4 is 11.9 Å². The van der Waals surface area contributed by atoms with Gasteiger partial charge in [0.15, 0.2) is 5.60 Å². The predicted molar refractivity (Wildman–Crippen MR) is 88.8 cm³/mol. The van der Waals surface area contributed by atoms with Crippen LogP contribution in [-0.4, -0.2) is 17.0 Å². The number of benzene rings is 2. The van der Waals surface area contributed by atoms with Gasteiger partial charge in [0, 0.05) is 12.0 Å². The van der Waals surface area contributed by atoms with Crippen LogP contribution in [0.4, 0.5) is 0 Å². The molecular weight excluding hydrogens is 306 g/mol. The number of carbonyl (C=O) groups is 2. The number of hydrogen-bond acceptors (Lipinski definition) is 4. The smallest absolute Gasteiger partial charge is 0.312 e. The molecule has 0 radical (unpaired) electrons. The van der Waals surface area contributed by atoms with Gasteiger partial charge in [0.05, 0.1) is 6.42 Å². The van der Waals surface area contributed by atoms with Crippen molar-refractivity contribution in [3.63, 3.8) is 0 Å². The second-order valence-electron chi connectivity index (χ2n) is 5.12. The molecule has 1 atom stereocenters. The van der Waals surface area contributed by atoms with Crippen LogP contribution in [-0.2, 0) is 15.2 Å². The van der Waals surface area contributed by atoms with Crippen molar-refractivity contribution in [3.05, 3.63) is 65.7 Å². The maximum absolute atomic E-state index is 12.0. The lowest BCUT2D eigenvalue weighted by Crippen LogP contribution is -2.42. The van der Waals surface area contributed by atoms with E-state index in [1.54, 1.807) is 42.5 Å². The Kier molecular flexibility index (Phi) is 5.35. The van der Waals surface area contributed by atoms with Crippen molar-refractivity contribution in [1.82, 2.24) is 0 Å². The Balaban J connectivity index is 2.48. The van der Waals surface area contributed by atoms with Crippen LogP contribution < -0.4 is 10.5 Å². The maximum Gasteiger partial charge on any atom is 0.312 e. The fourth-order valence-corrected chi connectivity index (χ4v) is 2.31. The van der Waals surface area contributed by atoms with Crippen LogP contribution in [0.25, 0.3) is 0 Å². The van der Waals surface area contributed by atoms with E-state index in [-0.39, 0.29) is 29.7 Å². The summed E-state index contributed by atoms with van der Waals surface area (Å²) in [5, 5.41) is 11.0. The molecule has 5 nitrogen and oxygen atoms in total. The van der Waals surface area contributed by atoms with Gasteiger partial charge in [0.2, 0.25) is 0 Å². The van der Waals surface area contributed by atoms with E-state index in [9.17, 15) is 14.7 Å². The lowest BCUT2D eigenvalue weighted by molar-refractivity contribution is -0.136. The first-order valence-electron chi connectivity index (χ1n) is 7.31. The Morgan fingerprint density at radius 3 is 2.38 bits per heavy atom. The van der Waals surface area contributed by atoms with Crippen LogP contribution in [0, 0.1) is 12.3 Å². The molecule has 3 N–H and O–H groups in total. The topological polar surface area (TPSA) is 89.6 Å². The molecule has 0 aromatic heterocycles. The number of para-hydroxylation sites is 1. The summed E-state index contributed by atoms with van der Waals surface area (Å²) in [6.45, 7) is 0. The van der Waals surface area contributed by atoms with Crippen LogP contribution in [0.5, 0.6) is 5.75 Å². The minimum absolute atomic E-state index is 0.0329. The number of carbonyl (C=O) groups excluding carboxylic acids is 2. The minimum Gasteiger partial charge on any atom is -0.426 e. The third-order valence-electron chi connectivity index (χ3n) is 3.52. The zero-order chi connectivity index (χ0) is 17.6. The number of esters is 1. The van der Waals surface area contributed by atoms with Crippen LogP contribution in [0.3, 0.4) is 0 Å². The first kappa shape index (κ1) is 17.3. The number of hydrogen-bond donors (Lipinski definition) is 2. The molecule has 24 heavy (non-hydrogen) atoms. The van der Waals surface area contributed by atoms with Crippen molar-refractivity contribution < 1.29 is 19.4 Å². The molecule has 0 aliphatic carbocycles. The summed E-state index contributed by atoms with van der Waals surface area (Å²) >= 11 is 0. The Bertz CT molecular complexity index is 779. The Morgan fingerprint density at radius 1 is 1.12 bits per heavy atom. The van der Waals surface area contributed by atoms with Crippen molar-refractivity contribution in [2.24, 2.45) is 5.73 Å². The van der Waals surface area contributed by atoms with Gasteiger partial charge in [-0.05, 0) is 11.6 Å². The number of primary amides is 1. The molecule has 0 heterocycles. The van der Waals surface area contributed by atoms with E-state index in [0.717, 1.165) is 0 Å². The molecule has 1 unspecified atom stereocenters. The lowest BCUT2D eigenvalue weighted by atomic mass is 9.85. The van der Waals surface area contributed by atoms with E-state index in [4.69, 9.17) is 16.9 Å². The van der Waals surface area contributed by atoms with Gasteiger partial charge in [-0.3, -0.25) is 9.59 Å². The van der Waals surface area contributed by atoms with Gasteiger partial charge in [0.1, 0.15) is 5.75 Å². The second kappa shape index (κ2) is 7.44. The largest absolute Gasteiger partial charge is 0.426 e.